The zero-order chi connectivity index (χ0) is 19.5. The van der Waals surface area contributed by atoms with Crippen molar-refractivity contribution in [1.29, 1.82) is 0 Å². The van der Waals surface area contributed by atoms with Gasteiger partial charge < -0.3 is 9.26 Å². The van der Waals surface area contributed by atoms with Crippen molar-refractivity contribution in [2.45, 2.75) is 24.4 Å². The van der Waals surface area contributed by atoms with Gasteiger partial charge in [-0.3, -0.25) is 9.36 Å². The molecule has 4 aromatic rings. The maximum absolute atomic E-state index is 12.8. The van der Waals surface area contributed by atoms with Crippen molar-refractivity contribution in [3.8, 4) is 11.4 Å². The first-order valence-corrected chi connectivity index (χ1v) is 10.5. The molecule has 0 saturated heterocycles. The van der Waals surface area contributed by atoms with Crippen LogP contribution in [0.1, 0.15) is 11.5 Å². The predicted octanol–water partition coefficient (Wildman–Crippen LogP) is 3.76. The Kier molecular flexibility index (Phi) is 5.56. The largest absolute Gasteiger partial charge is 0.383 e. The molecule has 0 fully saturated rings. The van der Waals surface area contributed by atoms with E-state index in [1.165, 1.54) is 23.1 Å². The molecule has 0 aliphatic rings. The maximum atomic E-state index is 12.8. The Morgan fingerprint density at radius 2 is 2.18 bits per heavy atom. The number of benzene rings is 1. The van der Waals surface area contributed by atoms with E-state index in [-0.39, 0.29) is 5.56 Å². The Hall–Kier alpha value is -2.49. The molecule has 0 aliphatic carbocycles. The first kappa shape index (κ1) is 18.9. The van der Waals surface area contributed by atoms with E-state index in [1.54, 1.807) is 11.7 Å². The second-order valence-electron chi connectivity index (χ2n) is 6.15. The highest BCUT2D eigenvalue weighted by Gasteiger charge is 2.15. The lowest BCUT2D eigenvalue weighted by atomic mass is 10.1. The summed E-state index contributed by atoms with van der Waals surface area (Å²) in [4.78, 5) is 21.9. The maximum Gasteiger partial charge on any atom is 0.272 e. The second-order valence-corrected chi connectivity index (χ2v) is 8.01. The lowest BCUT2D eigenvalue weighted by Crippen LogP contribution is -2.24. The Bertz CT molecular complexity index is 1170. The molecular formula is C19H18N4O3S2. The number of aryl methyl sites for hydroxylation is 1. The van der Waals surface area contributed by atoms with Crippen LogP contribution in [0.25, 0.3) is 21.6 Å². The third-order valence-electron chi connectivity index (χ3n) is 4.12. The van der Waals surface area contributed by atoms with E-state index in [1.807, 2.05) is 42.6 Å². The molecule has 28 heavy (non-hydrogen) atoms. The zero-order valence-electron chi connectivity index (χ0n) is 15.4. The number of ether oxygens (including phenoxy) is 1. The van der Waals surface area contributed by atoms with E-state index in [4.69, 9.17) is 9.26 Å². The lowest BCUT2D eigenvalue weighted by molar-refractivity contribution is 0.183. The number of thiophene rings is 1. The monoisotopic (exact) mass is 414 g/mol. The fourth-order valence-electron chi connectivity index (χ4n) is 2.75. The van der Waals surface area contributed by atoms with Crippen molar-refractivity contribution < 1.29 is 9.26 Å². The molecule has 0 bridgehead atoms. The van der Waals surface area contributed by atoms with Crippen molar-refractivity contribution in [2.24, 2.45) is 0 Å². The predicted molar refractivity (Wildman–Crippen MR) is 110 cm³/mol. The zero-order valence-corrected chi connectivity index (χ0v) is 17.0. The van der Waals surface area contributed by atoms with Gasteiger partial charge in [-0.2, -0.15) is 4.98 Å². The number of hydrogen-bond acceptors (Lipinski definition) is 8. The standard InChI is InChI=1S/C19H18N4O3S2/c1-12-4-3-5-13(10-12)17-21-15(26-22-17)11-28-19-20-14-6-9-27-16(14)18(24)23(19)7-8-25-2/h3-6,9-10H,7-8,11H2,1-2H3. The lowest BCUT2D eigenvalue weighted by Gasteiger charge is -2.10. The highest BCUT2D eigenvalue weighted by molar-refractivity contribution is 7.98. The summed E-state index contributed by atoms with van der Waals surface area (Å²) in [6, 6.07) is 9.80. The fraction of sp³-hybridized carbons (Fsp3) is 0.263. The van der Waals surface area contributed by atoms with Crippen LogP contribution in [0.15, 0.2) is 50.2 Å². The molecule has 0 aliphatic heterocycles. The number of rotatable bonds is 7. The first-order valence-electron chi connectivity index (χ1n) is 8.65. The smallest absolute Gasteiger partial charge is 0.272 e. The van der Waals surface area contributed by atoms with E-state index in [9.17, 15) is 4.79 Å². The Morgan fingerprint density at radius 1 is 1.29 bits per heavy atom. The molecule has 1 aromatic carbocycles. The van der Waals surface area contributed by atoms with Gasteiger partial charge in [-0.1, -0.05) is 40.7 Å². The van der Waals surface area contributed by atoms with E-state index in [0.717, 1.165) is 11.1 Å². The molecule has 144 valence electrons. The number of hydrogen-bond donors (Lipinski definition) is 0. The molecule has 4 rings (SSSR count). The van der Waals surface area contributed by atoms with Crippen LogP contribution in [-0.4, -0.2) is 33.4 Å². The van der Waals surface area contributed by atoms with Crippen molar-refractivity contribution >= 4 is 33.3 Å². The molecule has 0 spiro atoms. The normalized spacial score (nSPS) is 11.4. The average Bonchev–Trinajstić information content (AvgIpc) is 3.35. The van der Waals surface area contributed by atoms with E-state index >= 15 is 0 Å². The summed E-state index contributed by atoms with van der Waals surface area (Å²) in [5, 5.41) is 6.55. The molecule has 9 heteroatoms. The van der Waals surface area contributed by atoms with Crippen LogP contribution in [0.5, 0.6) is 0 Å². The number of nitrogens with zero attached hydrogens (tertiary/aromatic N) is 4. The summed E-state index contributed by atoms with van der Waals surface area (Å²) in [5.74, 6) is 1.46. The SMILES string of the molecule is COCCn1c(SCc2nc(-c3cccc(C)c3)no2)nc2ccsc2c1=O. The summed E-state index contributed by atoms with van der Waals surface area (Å²) < 4.78 is 12.8. The van der Waals surface area contributed by atoms with Gasteiger partial charge in [0.2, 0.25) is 11.7 Å². The van der Waals surface area contributed by atoms with Gasteiger partial charge >= 0.3 is 0 Å². The molecule has 3 aromatic heterocycles. The van der Waals surface area contributed by atoms with Crippen LogP contribution in [-0.2, 0) is 17.0 Å². The fourth-order valence-corrected chi connectivity index (χ4v) is 4.40. The van der Waals surface area contributed by atoms with Crippen LogP contribution in [0, 0.1) is 6.92 Å². The summed E-state index contributed by atoms with van der Waals surface area (Å²) in [6.45, 7) is 2.90. The molecule has 0 unspecified atom stereocenters. The highest BCUT2D eigenvalue weighted by atomic mass is 32.2. The molecular weight excluding hydrogens is 396 g/mol. The van der Waals surface area contributed by atoms with Gasteiger partial charge in [0.1, 0.15) is 4.70 Å². The number of thioether (sulfide) groups is 1. The van der Waals surface area contributed by atoms with E-state index in [0.29, 0.717) is 46.0 Å². The summed E-state index contributed by atoms with van der Waals surface area (Å²) >= 11 is 2.80. The van der Waals surface area contributed by atoms with Crippen LogP contribution in [0.2, 0.25) is 0 Å². The Balaban J connectivity index is 1.58. The van der Waals surface area contributed by atoms with Crippen molar-refractivity contribution in [3.63, 3.8) is 0 Å². The van der Waals surface area contributed by atoms with Crippen LogP contribution in [0.3, 0.4) is 0 Å². The summed E-state index contributed by atoms with van der Waals surface area (Å²) in [5.41, 5.74) is 2.70. The van der Waals surface area contributed by atoms with Crippen LogP contribution < -0.4 is 5.56 Å². The molecule has 0 saturated carbocycles. The molecule has 7 nitrogen and oxygen atoms in total. The molecule has 0 N–H and O–H groups in total. The molecule has 3 heterocycles. The quantitative estimate of drug-likeness (QED) is 0.336. The van der Waals surface area contributed by atoms with E-state index < -0.39 is 0 Å². The third-order valence-corrected chi connectivity index (χ3v) is 5.97. The van der Waals surface area contributed by atoms with E-state index in [2.05, 4.69) is 15.1 Å². The van der Waals surface area contributed by atoms with Gasteiger partial charge in [0.05, 0.1) is 24.4 Å². The Morgan fingerprint density at radius 3 is 3.00 bits per heavy atom. The highest BCUT2D eigenvalue weighted by Crippen LogP contribution is 2.25. The second kappa shape index (κ2) is 8.26. The number of methoxy groups -OCH3 is 1. The Labute approximate surface area is 169 Å². The molecule has 0 amide bonds. The van der Waals surface area contributed by atoms with Crippen LogP contribution in [0.4, 0.5) is 0 Å². The van der Waals surface area contributed by atoms with Crippen molar-refractivity contribution in [2.75, 3.05) is 13.7 Å². The van der Waals surface area contributed by atoms with Gasteiger partial charge in [0.25, 0.3) is 5.56 Å². The van der Waals surface area contributed by atoms with Gasteiger partial charge in [-0.05, 0) is 24.4 Å². The topological polar surface area (TPSA) is 83.0 Å². The van der Waals surface area contributed by atoms with Gasteiger partial charge in [-0.25, -0.2) is 4.98 Å². The minimum Gasteiger partial charge on any atom is -0.383 e. The minimum absolute atomic E-state index is 0.0504. The van der Waals surface area contributed by atoms with Gasteiger partial charge in [0.15, 0.2) is 5.16 Å². The average molecular weight is 415 g/mol. The molecule has 0 atom stereocenters. The van der Waals surface area contributed by atoms with Crippen LogP contribution >= 0.6 is 23.1 Å². The van der Waals surface area contributed by atoms with Crippen molar-refractivity contribution in [1.82, 2.24) is 19.7 Å². The van der Waals surface area contributed by atoms with Gasteiger partial charge in [0, 0.05) is 12.7 Å². The van der Waals surface area contributed by atoms with Crippen molar-refractivity contribution in [3.05, 3.63) is 57.5 Å². The minimum atomic E-state index is -0.0504. The third kappa shape index (κ3) is 3.87. The molecule has 0 radical (unpaired) electrons. The summed E-state index contributed by atoms with van der Waals surface area (Å²) in [7, 11) is 1.61. The van der Waals surface area contributed by atoms with Gasteiger partial charge in [-0.15, -0.1) is 11.3 Å². The number of fused-ring (bicyclic) bond motifs is 1. The summed E-state index contributed by atoms with van der Waals surface area (Å²) in [6.07, 6.45) is 0. The number of aromatic nitrogens is 4. The first-order chi connectivity index (χ1) is 13.7.